The van der Waals surface area contributed by atoms with Gasteiger partial charge in [0.1, 0.15) is 0 Å². The fourth-order valence-corrected chi connectivity index (χ4v) is 4.70. The zero-order chi connectivity index (χ0) is 21.0. The Morgan fingerprint density at radius 3 is 2.10 bits per heavy atom. The van der Waals surface area contributed by atoms with Crippen molar-refractivity contribution < 1.29 is 13.2 Å². The molecule has 2 aromatic rings. The molecule has 3 rings (SSSR count). The molecule has 0 unspecified atom stereocenters. The minimum atomic E-state index is -3.10. The van der Waals surface area contributed by atoms with Gasteiger partial charge in [0.05, 0.1) is 5.75 Å². The van der Waals surface area contributed by atoms with Crippen molar-refractivity contribution in [2.24, 2.45) is 0 Å². The van der Waals surface area contributed by atoms with Gasteiger partial charge in [0, 0.05) is 44.0 Å². The minimum Gasteiger partial charge on any atom is -0.322 e. The molecule has 1 heterocycles. The fourth-order valence-electron chi connectivity index (χ4n) is 3.62. The van der Waals surface area contributed by atoms with Crippen molar-refractivity contribution in [1.29, 1.82) is 0 Å². The Kier molecular flexibility index (Phi) is 6.72. The number of benzene rings is 2. The summed E-state index contributed by atoms with van der Waals surface area (Å²) >= 11 is 0. The lowest BCUT2D eigenvalue weighted by Crippen LogP contribution is -2.48. The topological polar surface area (TPSA) is 69.7 Å². The molecule has 156 valence electrons. The molecule has 1 amide bonds. The SMILES string of the molecule is CCS(=O)(=O)N1CCN(Cc2ccc(C(=O)Nc3cc(C)cc(C)c3)cc2)CC1. The van der Waals surface area contributed by atoms with E-state index in [2.05, 4.69) is 16.3 Å². The molecule has 0 atom stereocenters. The maximum atomic E-state index is 12.5. The monoisotopic (exact) mass is 415 g/mol. The first-order valence-corrected chi connectivity index (χ1v) is 11.6. The summed E-state index contributed by atoms with van der Waals surface area (Å²) in [7, 11) is -3.10. The van der Waals surface area contributed by atoms with Gasteiger partial charge < -0.3 is 5.32 Å². The van der Waals surface area contributed by atoms with Crippen molar-refractivity contribution in [3.05, 3.63) is 64.7 Å². The van der Waals surface area contributed by atoms with Crippen molar-refractivity contribution >= 4 is 21.6 Å². The third kappa shape index (κ3) is 5.65. The largest absolute Gasteiger partial charge is 0.322 e. The number of piperazine rings is 1. The Balaban J connectivity index is 1.56. The van der Waals surface area contributed by atoms with E-state index in [0.29, 0.717) is 31.7 Å². The van der Waals surface area contributed by atoms with Crippen LogP contribution in [0.3, 0.4) is 0 Å². The van der Waals surface area contributed by atoms with Crippen LogP contribution in [0.4, 0.5) is 5.69 Å². The molecule has 2 aromatic carbocycles. The molecule has 0 saturated carbocycles. The summed E-state index contributed by atoms with van der Waals surface area (Å²) < 4.78 is 25.5. The fraction of sp³-hybridized carbons (Fsp3) is 0.409. The second-order valence-electron chi connectivity index (χ2n) is 7.60. The van der Waals surface area contributed by atoms with E-state index in [4.69, 9.17) is 0 Å². The average molecular weight is 416 g/mol. The van der Waals surface area contributed by atoms with Crippen LogP contribution in [0.25, 0.3) is 0 Å². The first-order valence-electron chi connectivity index (χ1n) is 9.95. The predicted molar refractivity (Wildman–Crippen MR) is 117 cm³/mol. The lowest BCUT2D eigenvalue weighted by atomic mass is 10.1. The molecule has 1 aliphatic heterocycles. The predicted octanol–water partition coefficient (Wildman–Crippen LogP) is 3.02. The summed E-state index contributed by atoms with van der Waals surface area (Å²) in [5.41, 5.74) is 4.76. The Hall–Kier alpha value is -2.22. The minimum absolute atomic E-state index is 0.125. The summed E-state index contributed by atoms with van der Waals surface area (Å²) in [6.45, 7) is 8.95. The van der Waals surface area contributed by atoms with E-state index >= 15 is 0 Å². The van der Waals surface area contributed by atoms with Crippen LogP contribution in [0.5, 0.6) is 0 Å². The van der Waals surface area contributed by atoms with Gasteiger partial charge in [-0.15, -0.1) is 0 Å². The third-order valence-corrected chi connectivity index (χ3v) is 7.07. The molecule has 0 radical (unpaired) electrons. The number of anilines is 1. The standard InChI is InChI=1S/C22H29N3O3S/c1-4-29(27,28)25-11-9-24(10-12-25)16-19-5-7-20(8-6-19)22(26)23-21-14-17(2)13-18(3)15-21/h5-8,13-15H,4,9-12,16H2,1-3H3,(H,23,26). The number of amides is 1. The number of hydrogen-bond donors (Lipinski definition) is 1. The number of hydrogen-bond acceptors (Lipinski definition) is 4. The second-order valence-corrected chi connectivity index (χ2v) is 9.86. The Bertz CT molecular complexity index is 943. The second kappa shape index (κ2) is 9.07. The van der Waals surface area contributed by atoms with Crippen molar-refractivity contribution in [2.45, 2.75) is 27.3 Å². The maximum Gasteiger partial charge on any atom is 0.255 e. The first-order chi connectivity index (χ1) is 13.8. The first kappa shape index (κ1) is 21.5. The van der Waals surface area contributed by atoms with Gasteiger partial charge in [-0.2, -0.15) is 4.31 Å². The lowest BCUT2D eigenvalue weighted by molar-refractivity contribution is 0.102. The molecule has 0 aliphatic carbocycles. The van der Waals surface area contributed by atoms with Gasteiger partial charge in [-0.3, -0.25) is 9.69 Å². The molecular formula is C22H29N3O3S. The van der Waals surface area contributed by atoms with Crippen molar-refractivity contribution in [3.8, 4) is 0 Å². The van der Waals surface area contributed by atoms with Crippen LogP contribution < -0.4 is 5.32 Å². The maximum absolute atomic E-state index is 12.5. The highest BCUT2D eigenvalue weighted by molar-refractivity contribution is 7.89. The molecule has 7 heteroatoms. The van der Waals surface area contributed by atoms with Crippen LogP contribution in [-0.2, 0) is 16.6 Å². The molecule has 0 bridgehead atoms. The van der Waals surface area contributed by atoms with Gasteiger partial charge in [-0.1, -0.05) is 18.2 Å². The van der Waals surface area contributed by atoms with Crippen molar-refractivity contribution in [3.63, 3.8) is 0 Å². The summed E-state index contributed by atoms with van der Waals surface area (Å²) in [6.07, 6.45) is 0. The van der Waals surface area contributed by atoms with Crippen molar-refractivity contribution in [2.75, 3.05) is 37.2 Å². The average Bonchev–Trinajstić information content (AvgIpc) is 2.68. The Morgan fingerprint density at radius 2 is 1.55 bits per heavy atom. The number of nitrogens with one attached hydrogen (secondary N) is 1. The van der Waals surface area contributed by atoms with Crippen molar-refractivity contribution in [1.82, 2.24) is 9.21 Å². The molecule has 1 aliphatic rings. The molecule has 0 spiro atoms. The number of rotatable bonds is 6. The summed E-state index contributed by atoms with van der Waals surface area (Å²) in [4.78, 5) is 14.8. The van der Waals surface area contributed by atoms with E-state index in [1.165, 1.54) is 0 Å². The summed E-state index contributed by atoms with van der Waals surface area (Å²) in [5, 5.41) is 2.95. The van der Waals surface area contributed by atoms with E-state index in [-0.39, 0.29) is 11.7 Å². The van der Waals surface area contributed by atoms with Gasteiger partial charge >= 0.3 is 0 Å². The molecule has 6 nitrogen and oxygen atoms in total. The molecule has 29 heavy (non-hydrogen) atoms. The Morgan fingerprint density at radius 1 is 0.966 bits per heavy atom. The van der Waals surface area contributed by atoms with E-state index in [0.717, 1.165) is 28.9 Å². The van der Waals surface area contributed by atoms with E-state index in [9.17, 15) is 13.2 Å². The number of nitrogens with zero attached hydrogens (tertiary/aromatic N) is 2. The van der Waals surface area contributed by atoms with Gasteiger partial charge in [0.25, 0.3) is 5.91 Å². The summed E-state index contributed by atoms with van der Waals surface area (Å²) in [5.74, 6) is 0.0264. The van der Waals surface area contributed by atoms with E-state index < -0.39 is 10.0 Å². The van der Waals surface area contributed by atoms with E-state index in [1.807, 2.05) is 50.2 Å². The zero-order valence-corrected chi connectivity index (χ0v) is 18.1. The Labute approximate surface area is 173 Å². The zero-order valence-electron chi connectivity index (χ0n) is 17.3. The molecule has 1 fully saturated rings. The normalized spacial score (nSPS) is 16.0. The quantitative estimate of drug-likeness (QED) is 0.787. The third-order valence-electron chi connectivity index (χ3n) is 5.19. The highest BCUT2D eigenvalue weighted by atomic mass is 32.2. The highest BCUT2D eigenvalue weighted by Crippen LogP contribution is 2.16. The van der Waals surface area contributed by atoms with Gasteiger partial charge in [0.15, 0.2) is 0 Å². The number of sulfonamides is 1. The van der Waals surface area contributed by atoms with Gasteiger partial charge in [0.2, 0.25) is 10.0 Å². The van der Waals surface area contributed by atoms with E-state index in [1.54, 1.807) is 11.2 Å². The summed E-state index contributed by atoms with van der Waals surface area (Å²) in [6, 6.07) is 13.6. The van der Waals surface area contributed by atoms with Crippen LogP contribution in [0.15, 0.2) is 42.5 Å². The van der Waals surface area contributed by atoms with Gasteiger partial charge in [-0.05, 0) is 61.7 Å². The smallest absolute Gasteiger partial charge is 0.255 e. The number of carbonyl (C=O) groups is 1. The molecule has 1 saturated heterocycles. The molecule has 0 aromatic heterocycles. The number of carbonyl (C=O) groups excluding carboxylic acids is 1. The van der Waals surface area contributed by atoms with Gasteiger partial charge in [-0.25, -0.2) is 8.42 Å². The van der Waals surface area contributed by atoms with Crippen LogP contribution in [-0.4, -0.2) is 55.5 Å². The van der Waals surface area contributed by atoms with Crippen LogP contribution in [0, 0.1) is 13.8 Å². The lowest BCUT2D eigenvalue weighted by Gasteiger charge is -2.33. The molecular weight excluding hydrogens is 386 g/mol. The number of aryl methyl sites for hydroxylation is 2. The highest BCUT2D eigenvalue weighted by Gasteiger charge is 2.25. The molecule has 1 N–H and O–H groups in total. The van der Waals surface area contributed by atoms with Crippen LogP contribution >= 0.6 is 0 Å². The van der Waals surface area contributed by atoms with Crippen LogP contribution in [0.2, 0.25) is 0 Å². The van der Waals surface area contributed by atoms with Crippen LogP contribution in [0.1, 0.15) is 34.0 Å².